The first kappa shape index (κ1) is 13.7. The number of aliphatic hydroxyl groups excluding tert-OH is 1. The Morgan fingerprint density at radius 3 is 2.83 bits per heavy atom. The number of nitrogens with zero attached hydrogens (tertiary/aromatic N) is 1. The number of carbonyl (C=O) groups excluding carboxylic acids is 2. The van der Waals surface area contributed by atoms with Gasteiger partial charge in [-0.15, -0.1) is 0 Å². The van der Waals surface area contributed by atoms with E-state index in [1.165, 1.54) is 4.90 Å². The minimum atomic E-state index is -0.369. The van der Waals surface area contributed by atoms with Crippen molar-refractivity contribution < 1.29 is 19.4 Å². The van der Waals surface area contributed by atoms with Crippen molar-refractivity contribution in [3.05, 3.63) is 11.8 Å². The maximum absolute atomic E-state index is 11.9. The van der Waals surface area contributed by atoms with Crippen LogP contribution in [-0.2, 0) is 14.3 Å². The molecule has 18 heavy (non-hydrogen) atoms. The van der Waals surface area contributed by atoms with Gasteiger partial charge in [0.25, 0.3) is 0 Å². The van der Waals surface area contributed by atoms with Gasteiger partial charge in [0, 0.05) is 17.1 Å². The predicted molar refractivity (Wildman–Crippen MR) is 67.9 cm³/mol. The molecular formula is C12H16BrNO4. The van der Waals surface area contributed by atoms with Crippen LogP contribution >= 0.6 is 15.9 Å². The van der Waals surface area contributed by atoms with E-state index in [0.717, 1.165) is 0 Å². The Kier molecular flexibility index (Phi) is 4.19. The number of ketones is 1. The van der Waals surface area contributed by atoms with Crippen molar-refractivity contribution >= 4 is 27.6 Å². The Bertz CT molecular complexity index is 396. The Labute approximate surface area is 114 Å². The van der Waals surface area contributed by atoms with Gasteiger partial charge in [0.1, 0.15) is 6.23 Å². The summed E-state index contributed by atoms with van der Waals surface area (Å²) in [4.78, 5) is 24.9. The van der Waals surface area contributed by atoms with Crippen molar-refractivity contribution in [2.24, 2.45) is 5.92 Å². The Morgan fingerprint density at radius 1 is 1.56 bits per heavy atom. The number of allylic oxidation sites excluding steroid dienone is 1. The maximum atomic E-state index is 11.9. The summed E-state index contributed by atoms with van der Waals surface area (Å²) in [6.07, 6.45) is 1.54. The molecule has 0 aromatic carbocycles. The highest BCUT2D eigenvalue weighted by molar-refractivity contribution is 9.09. The van der Waals surface area contributed by atoms with Crippen LogP contribution in [0.2, 0.25) is 0 Å². The second-order valence-corrected chi connectivity index (χ2v) is 5.27. The van der Waals surface area contributed by atoms with Gasteiger partial charge >= 0.3 is 0 Å². The van der Waals surface area contributed by atoms with Crippen LogP contribution in [-0.4, -0.2) is 46.0 Å². The van der Waals surface area contributed by atoms with E-state index in [-0.39, 0.29) is 43.0 Å². The fraction of sp³-hybridized carbons (Fsp3) is 0.667. The molecule has 0 bridgehead atoms. The van der Waals surface area contributed by atoms with Crippen molar-refractivity contribution in [2.45, 2.75) is 32.1 Å². The van der Waals surface area contributed by atoms with E-state index in [1.54, 1.807) is 6.20 Å². The normalized spacial score (nSPS) is 32.9. The minimum absolute atomic E-state index is 0.0480. The molecular weight excluding hydrogens is 302 g/mol. The Balaban J connectivity index is 2.15. The zero-order chi connectivity index (χ0) is 13.3. The molecule has 2 aliphatic rings. The highest BCUT2D eigenvalue weighted by Gasteiger charge is 2.38. The zero-order valence-corrected chi connectivity index (χ0v) is 11.7. The first-order chi connectivity index (χ1) is 8.56. The molecule has 0 saturated carbocycles. The van der Waals surface area contributed by atoms with E-state index < -0.39 is 0 Å². The number of rotatable bonds is 3. The predicted octanol–water partition coefficient (Wildman–Crippen LogP) is 0.810. The summed E-state index contributed by atoms with van der Waals surface area (Å²) in [5, 5.41) is 9.59. The van der Waals surface area contributed by atoms with E-state index in [2.05, 4.69) is 15.9 Å². The van der Waals surface area contributed by atoms with Gasteiger partial charge in [-0.05, 0) is 12.3 Å². The zero-order valence-electron chi connectivity index (χ0n) is 10.1. The highest BCUT2D eigenvalue weighted by Crippen LogP contribution is 2.30. The van der Waals surface area contributed by atoms with Crippen LogP contribution in [0.25, 0.3) is 0 Å². The minimum Gasteiger partial charge on any atom is -0.394 e. The highest BCUT2D eigenvalue weighted by atomic mass is 79.9. The Hall–Kier alpha value is -0.720. The van der Waals surface area contributed by atoms with Crippen LogP contribution in [0.4, 0.5) is 0 Å². The Morgan fingerprint density at radius 2 is 2.28 bits per heavy atom. The number of hydrogen-bond acceptors (Lipinski definition) is 4. The van der Waals surface area contributed by atoms with E-state index in [4.69, 9.17) is 9.84 Å². The first-order valence-electron chi connectivity index (χ1n) is 5.94. The number of amides is 1. The number of carbonyl (C=O) groups is 2. The van der Waals surface area contributed by atoms with E-state index in [9.17, 15) is 9.59 Å². The van der Waals surface area contributed by atoms with Crippen LogP contribution in [0.3, 0.4) is 0 Å². The van der Waals surface area contributed by atoms with Crippen molar-refractivity contribution in [3.63, 3.8) is 0 Å². The third kappa shape index (κ3) is 2.50. The van der Waals surface area contributed by atoms with Crippen LogP contribution in [0, 0.1) is 5.92 Å². The SMILES string of the molecule is CC1C[C@H](N2C=C(CBr)C(=O)CC2=O)O[C@@H]1CO. The van der Waals surface area contributed by atoms with E-state index in [0.29, 0.717) is 17.3 Å². The lowest BCUT2D eigenvalue weighted by atomic mass is 10.0. The molecule has 0 aromatic rings. The van der Waals surface area contributed by atoms with E-state index in [1.807, 2.05) is 6.92 Å². The molecule has 2 heterocycles. The standard InChI is InChI=1S/C12H16BrNO4/c1-7-2-12(18-10(7)6-15)14-5-8(4-13)9(16)3-11(14)17/h5,7,10,12,15H,2-4,6H2,1H3/t7?,10-,12-/m1/s1. The van der Waals surface area contributed by atoms with E-state index >= 15 is 0 Å². The van der Waals surface area contributed by atoms with Gasteiger partial charge in [-0.25, -0.2) is 0 Å². The molecule has 3 atom stereocenters. The maximum Gasteiger partial charge on any atom is 0.236 e. The molecule has 6 heteroatoms. The van der Waals surface area contributed by atoms with Crippen molar-refractivity contribution in [3.8, 4) is 0 Å². The molecule has 0 spiro atoms. The quantitative estimate of drug-likeness (QED) is 0.618. The summed E-state index contributed by atoms with van der Waals surface area (Å²) in [5.41, 5.74) is 0.582. The molecule has 1 saturated heterocycles. The van der Waals surface area contributed by atoms with Crippen LogP contribution in [0.1, 0.15) is 19.8 Å². The van der Waals surface area contributed by atoms with Crippen molar-refractivity contribution in [1.29, 1.82) is 0 Å². The lowest BCUT2D eigenvalue weighted by molar-refractivity contribution is -0.144. The lowest BCUT2D eigenvalue weighted by Crippen LogP contribution is -2.41. The topological polar surface area (TPSA) is 66.8 Å². The average molecular weight is 318 g/mol. The molecule has 2 rings (SSSR count). The van der Waals surface area contributed by atoms with Gasteiger partial charge in [-0.3, -0.25) is 14.5 Å². The van der Waals surface area contributed by atoms with Crippen molar-refractivity contribution in [2.75, 3.05) is 11.9 Å². The molecule has 0 radical (unpaired) electrons. The fourth-order valence-corrected chi connectivity index (χ4v) is 2.73. The van der Waals surface area contributed by atoms with Gasteiger partial charge in [0.15, 0.2) is 5.78 Å². The van der Waals surface area contributed by atoms with Gasteiger partial charge in [0.05, 0.1) is 19.1 Å². The number of hydrogen-bond donors (Lipinski definition) is 1. The molecule has 2 aliphatic heterocycles. The summed E-state index contributed by atoms with van der Waals surface area (Å²) in [6, 6.07) is 0. The summed E-state index contributed by atoms with van der Waals surface area (Å²) < 4.78 is 5.64. The number of aliphatic hydroxyl groups is 1. The third-order valence-corrected chi connectivity index (χ3v) is 4.03. The lowest BCUT2D eigenvalue weighted by Gasteiger charge is -2.29. The third-order valence-electron chi connectivity index (χ3n) is 3.43. The molecule has 100 valence electrons. The molecule has 1 fully saturated rings. The summed E-state index contributed by atoms with van der Waals surface area (Å²) in [6.45, 7) is 1.93. The number of Topliss-reactive ketones (excluding diaryl/α,β-unsaturated/α-hetero) is 1. The largest absolute Gasteiger partial charge is 0.394 e. The second kappa shape index (κ2) is 5.50. The molecule has 1 unspecified atom stereocenters. The number of halogens is 1. The van der Waals surface area contributed by atoms with Crippen molar-refractivity contribution in [1.82, 2.24) is 4.90 Å². The summed E-state index contributed by atoms with van der Waals surface area (Å²) >= 11 is 3.24. The summed E-state index contributed by atoms with van der Waals surface area (Å²) in [7, 11) is 0. The second-order valence-electron chi connectivity index (χ2n) is 4.71. The monoisotopic (exact) mass is 317 g/mol. The van der Waals surface area contributed by atoms with Crippen LogP contribution < -0.4 is 0 Å². The molecule has 0 aliphatic carbocycles. The molecule has 0 aromatic heterocycles. The van der Waals surface area contributed by atoms with Crippen LogP contribution in [0.5, 0.6) is 0 Å². The van der Waals surface area contributed by atoms with Gasteiger partial charge in [0.2, 0.25) is 5.91 Å². The fourth-order valence-electron chi connectivity index (χ4n) is 2.27. The van der Waals surface area contributed by atoms with Gasteiger partial charge in [-0.1, -0.05) is 22.9 Å². The molecule has 1 amide bonds. The number of ether oxygens (including phenoxy) is 1. The van der Waals surface area contributed by atoms with Crippen LogP contribution in [0.15, 0.2) is 11.8 Å². The molecule has 5 nitrogen and oxygen atoms in total. The molecule has 1 N–H and O–H groups in total. The average Bonchev–Trinajstić information content (AvgIpc) is 2.70. The van der Waals surface area contributed by atoms with Gasteiger partial charge in [-0.2, -0.15) is 0 Å². The number of alkyl halides is 1. The smallest absolute Gasteiger partial charge is 0.236 e. The van der Waals surface area contributed by atoms with Gasteiger partial charge < -0.3 is 9.84 Å². The summed E-state index contributed by atoms with van der Waals surface area (Å²) in [5.74, 6) is -0.176. The first-order valence-corrected chi connectivity index (χ1v) is 7.06.